The predicted octanol–water partition coefficient (Wildman–Crippen LogP) is 2.05. The molecule has 0 radical (unpaired) electrons. The van der Waals surface area contributed by atoms with Crippen molar-refractivity contribution in [2.24, 2.45) is 0 Å². The molecule has 15 heavy (non-hydrogen) atoms. The minimum Gasteiger partial charge on any atom is -0.464 e. The molecule has 1 aromatic heterocycles. The Morgan fingerprint density at radius 3 is 2.67 bits per heavy atom. The number of furan rings is 1. The molecule has 86 valence electrons. The van der Waals surface area contributed by atoms with Crippen molar-refractivity contribution in [3.63, 3.8) is 0 Å². The van der Waals surface area contributed by atoms with Gasteiger partial charge in [0.1, 0.15) is 11.5 Å². The van der Waals surface area contributed by atoms with E-state index in [1.54, 1.807) is 0 Å². The van der Waals surface area contributed by atoms with Crippen LogP contribution >= 0.6 is 0 Å². The number of hydrogen-bond acceptors (Lipinski definition) is 3. The minimum absolute atomic E-state index is 0.187. The summed E-state index contributed by atoms with van der Waals surface area (Å²) in [5.74, 6) is 2.24. The summed E-state index contributed by atoms with van der Waals surface area (Å²) in [5.41, 5.74) is 0. The van der Waals surface area contributed by atoms with Crippen LogP contribution in [-0.2, 0) is 23.1 Å². The monoisotopic (exact) mass is 229 g/mol. The molecule has 1 N–H and O–H groups in total. The first kappa shape index (κ1) is 12.5. The summed E-state index contributed by atoms with van der Waals surface area (Å²) < 4.78 is 17.1. The van der Waals surface area contributed by atoms with Gasteiger partial charge in [0.15, 0.2) is 0 Å². The second-order valence-corrected chi connectivity index (χ2v) is 5.72. The van der Waals surface area contributed by atoms with Crippen LogP contribution in [0.4, 0.5) is 0 Å². The van der Waals surface area contributed by atoms with E-state index >= 15 is 0 Å². The fourth-order valence-electron chi connectivity index (χ4n) is 1.15. The highest BCUT2D eigenvalue weighted by molar-refractivity contribution is 7.84. The maximum Gasteiger partial charge on any atom is 0.118 e. The molecule has 0 aliphatic carbocycles. The molecule has 1 atom stereocenters. The summed E-state index contributed by atoms with van der Waals surface area (Å²) in [6.45, 7) is 7.63. The Labute approximate surface area is 93.7 Å². The fraction of sp³-hybridized carbons (Fsp3) is 0.636. The fourth-order valence-corrected chi connectivity index (χ4v) is 1.92. The normalized spacial score (nSPS) is 13.3. The van der Waals surface area contributed by atoms with E-state index in [1.807, 2.05) is 26.0 Å². The maximum atomic E-state index is 11.6. The van der Waals surface area contributed by atoms with Gasteiger partial charge < -0.3 is 9.73 Å². The van der Waals surface area contributed by atoms with E-state index < -0.39 is 10.8 Å². The van der Waals surface area contributed by atoms with Gasteiger partial charge in [0.05, 0.1) is 12.3 Å². The molecule has 1 unspecified atom stereocenters. The average molecular weight is 229 g/mol. The molecule has 0 saturated heterocycles. The van der Waals surface area contributed by atoms with Crippen LogP contribution in [-0.4, -0.2) is 16.0 Å². The van der Waals surface area contributed by atoms with Gasteiger partial charge in [-0.05, 0) is 18.7 Å². The molecule has 0 aliphatic heterocycles. The van der Waals surface area contributed by atoms with Crippen molar-refractivity contribution in [1.29, 1.82) is 0 Å². The lowest BCUT2D eigenvalue weighted by molar-refractivity contribution is 0.461. The minimum atomic E-state index is -0.829. The third-order valence-corrected chi connectivity index (χ3v) is 3.70. The van der Waals surface area contributed by atoms with Gasteiger partial charge in [0.2, 0.25) is 0 Å². The summed E-state index contributed by atoms with van der Waals surface area (Å²) in [4.78, 5) is 0. The van der Waals surface area contributed by atoms with Crippen LogP contribution in [0.3, 0.4) is 0 Å². The van der Waals surface area contributed by atoms with Crippen molar-refractivity contribution in [3.8, 4) is 0 Å². The Morgan fingerprint density at radius 1 is 1.40 bits per heavy atom. The molecule has 4 heteroatoms. The zero-order valence-corrected chi connectivity index (χ0v) is 10.4. The highest BCUT2D eigenvalue weighted by Crippen LogP contribution is 2.11. The van der Waals surface area contributed by atoms with Crippen molar-refractivity contribution in [1.82, 2.24) is 5.32 Å². The van der Waals surface area contributed by atoms with Crippen LogP contribution in [0.2, 0.25) is 0 Å². The summed E-state index contributed by atoms with van der Waals surface area (Å²) in [5, 5.41) is 3.37. The quantitative estimate of drug-likeness (QED) is 0.811. The van der Waals surface area contributed by atoms with Crippen molar-refractivity contribution in [2.45, 2.75) is 38.3 Å². The number of hydrogen-bond donors (Lipinski definition) is 1. The van der Waals surface area contributed by atoms with Gasteiger partial charge in [-0.25, -0.2) is 0 Å². The first-order chi connectivity index (χ1) is 7.13. The standard InChI is InChI=1S/C11H19NO2S/c1-4-12-7-10-5-6-11(14-10)8-15(13)9(2)3/h5-6,9,12H,4,7-8H2,1-3H3. The van der Waals surface area contributed by atoms with Crippen LogP contribution in [0.25, 0.3) is 0 Å². The second-order valence-electron chi connectivity index (χ2n) is 3.72. The summed E-state index contributed by atoms with van der Waals surface area (Å²) in [7, 11) is -0.829. The van der Waals surface area contributed by atoms with Gasteiger partial charge in [-0.15, -0.1) is 0 Å². The Hall–Kier alpha value is -0.610. The van der Waals surface area contributed by atoms with E-state index in [0.717, 1.165) is 24.6 Å². The molecule has 0 aromatic carbocycles. The lowest BCUT2D eigenvalue weighted by atomic mass is 10.4. The Bertz CT molecular complexity index is 320. The van der Waals surface area contributed by atoms with E-state index in [2.05, 4.69) is 12.2 Å². The summed E-state index contributed by atoms with van der Waals surface area (Å²) >= 11 is 0. The highest BCUT2D eigenvalue weighted by atomic mass is 32.2. The van der Waals surface area contributed by atoms with E-state index in [4.69, 9.17) is 4.42 Å². The summed E-state index contributed by atoms with van der Waals surface area (Å²) in [6, 6.07) is 3.85. The third-order valence-electron chi connectivity index (χ3n) is 2.08. The van der Waals surface area contributed by atoms with E-state index in [0.29, 0.717) is 5.75 Å². The molecular weight excluding hydrogens is 210 g/mol. The lowest BCUT2D eigenvalue weighted by Gasteiger charge is -2.02. The van der Waals surface area contributed by atoms with Gasteiger partial charge >= 0.3 is 0 Å². The SMILES string of the molecule is CCNCc1ccc(CS(=O)C(C)C)o1. The van der Waals surface area contributed by atoms with Crippen molar-refractivity contribution < 1.29 is 8.63 Å². The lowest BCUT2D eigenvalue weighted by Crippen LogP contribution is -2.11. The van der Waals surface area contributed by atoms with Crippen LogP contribution in [0.15, 0.2) is 16.5 Å². The molecule has 0 bridgehead atoms. The Morgan fingerprint density at radius 2 is 2.07 bits per heavy atom. The average Bonchev–Trinajstić information content (AvgIpc) is 2.62. The highest BCUT2D eigenvalue weighted by Gasteiger charge is 2.09. The van der Waals surface area contributed by atoms with Crippen molar-refractivity contribution >= 4 is 10.8 Å². The molecule has 0 amide bonds. The molecule has 1 aromatic rings. The zero-order chi connectivity index (χ0) is 11.3. The van der Waals surface area contributed by atoms with Crippen LogP contribution in [0.5, 0.6) is 0 Å². The molecule has 3 nitrogen and oxygen atoms in total. The molecule has 1 rings (SSSR count). The van der Waals surface area contributed by atoms with Crippen LogP contribution in [0.1, 0.15) is 32.3 Å². The Kier molecular flexibility index (Phi) is 5.05. The predicted molar refractivity (Wildman–Crippen MR) is 63.1 cm³/mol. The summed E-state index contributed by atoms with van der Waals surface area (Å²) in [6.07, 6.45) is 0. The molecular formula is C11H19NO2S. The van der Waals surface area contributed by atoms with Gasteiger partial charge in [-0.2, -0.15) is 0 Å². The van der Waals surface area contributed by atoms with E-state index in [1.165, 1.54) is 0 Å². The number of nitrogens with one attached hydrogen (secondary N) is 1. The molecule has 0 saturated carbocycles. The number of rotatable bonds is 6. The molecule has 0 spiro atoms. The van der Waals surface area contributed by atoms with E-state index in [9.17, 15) is 4.21 Å². The Balaban J connectivity index is 2.49. The van der Waals surface area contributed by atoms with Crippen LogP contribution in [0, 0.1) is 0 Å². The largest absolute Gasteiger partial charge is 0.464 e. The van der Waals surface area contributed by atoms with Gasteiger partial charge in [0.25, 0.3) is 0 Å². The second kappa shape index (κ2) is 6.08. The van der Waals surface area contributed by atoms with E-state index in [-0.39, 0.29) is 5.25 Å². The van der Waals surface area contributed by atoms with Crippen molar-refractivity contribution in [3.05, 3.63) is 23.7 Å². The van der Waals surface area contributed by atoms with Crippen molar-refractivity contribution in [2.75, 3.05) is 6.54 Å². The smallest absolute Gasteiger partial charge is 0.118 e. The first-order valence-electron chi connectivity index (χ1n) is 5.29. The van der Waals surface area contributed by atoms with Gasteiger partial charge in [-0.1, -0.05) is 20.8 Å². The van der Waals surface area contributed by atoms with Gasteiger partial charge in [-0.3, -0.25) is 4.21 Å². The first-order valence-corrected chi connectivity index (χ1v) is 6.67. The molecule has 1 heterocycles. The zero-order valence-electron chi connectivity index (χ0n) is 9.58. The topological polar surface area (TPSA) is 42.2 Å². The van der Waals surface area contributed by atoms with Gasteiger partial charge in [0, 0.05) is 16.0 Å². The molecule has 0 aliphatic rings. The maximum absolute atomic E-state index is 11.6. The molecule has 0 fully saturated rings. The third kappa shape index (κ3) is 4.18. The van der Waals surface area contributed by atoms with Crippen LogP contribution < -0.4 is 5.32 Å².